The average molecular weight is 343 g/mol. The third-order valence-electron chi connectivity index (χ3n) is 4.71. The van der Waals surface area contributed by atoms with Crippen LogP contribution < -0.4 is 0 Å². The molecule has 0 unspecified atom stereocenters. The van der Waals surface area contributed by atoms with Gasteiger partial charge in [-0.3, -0.25) is 9.78 Å². The van der Waals surface area contributed by atoms with Crippen LogP contribution in [0.15, 0.2) is 67.0 Å². The third-order valence-corrected chi connectivity index (χ3v) is 4.71. The quantitative estimate of drug-likeness (QED) is 0.580. The predicted octanol–water partition coefficient (Wildman–Crippen LogP) is 4.77. The van der Waals surface area contributed by atoms with Gasteiger partial charge in [-0.2, -0.15) is 0 Å². The van der Waals surface area contributed by atoms with Gasteiger partial charge in [0.15, 0.2) is 0 Å². The minimum atomic E-state index is 0.0401. The van der Waals surface area contributed by atoms with Crippen molar-refractivity contribution in [3.8, 4) is 0 Å². The number of aromatic amines is 1. The number of rotatable bonds is 4. The summed E-state index contributed by atoms with van der Waals surface area (Å²) in [5.41, 5.74) is 3.71. The smallest absolute Gasteiger partial charge is 0.255 e. The summed E-state index contributed by atoms with van der Waals surface area (Å²) in [5, 5.41) is 2.05. The molecule has 0 atom stereocenters. The summed E-state index contributed by atoms with van der Waals surface area (Å²) in [7, 11) is 0. The third kappa shape index (κ3) is 2.94. The Bertz CT molecular complexity index is 1080. The van der Waals surface area contributed by atoms with E-state index in [1.165, 1.54) is 0 Å². The van der Waals surface area contributed by atoms with Crippen LogP contribution in [0.25, 0.3) is 21.8 Å². The second-order valence-corrected chi connectivity index (χ2v) is 6.81. The number of hydrogen-bond donors (Lipinski definition) is 1. The highest BCUT2D eigenvalue weighted by Gasteiger charge is 2.21. The number of carbonyl (C=O) groups is 1. The van der Waals surface area contributed by atoms with Crippen LogP contribution in [0, 0.1) is 0 Å². The molecule has 0 spiro atoms. The zero-order valence-corrected chi connectivity index (χ0v) is 14.9. The minimum Gasteiger partial charge on any atom is -0.361 e. The average Bonchev–Trinajstić information content (AvgIpc) is 3.14. The molecule has 0 aliphatic carbocycles. The molecule has 1 amide bonds. The monoisotopic (exact) mass is 343 g/mol. The van der Waals surface area contributed by atoms with Crippen molar-refractivity contribution in [3.63, 3.8) is 0 Å². The first kappa shape index (κ1) is 16.3. The number of amides is 1. The van der Waals surface area contributed by atoms with Crippen molar-refractivity contribution in [1.82, 2.24) is 14.9 Å². The molecule has 1 N–H and O–H groups in total. The first-order valence-electron chi connectivity index (χ1n) is 8.84. The molecular formula is C22H21N3O. The van der Waals surface area contributed by atoms with Crippen LogP contribution in [0.4, 0.5) is 0 Å². The van der Waals surface area contributed by atoms with Crippen molar-refractivity contribution >= 4 is 27.7 Å². The zero-order valence-electron chi connectivity index (χ0n) is 14.9. The summed E-state index contributed by atoms with van der Waals surface area (Å²) in [6.45, 7) is 4.63. The van der Waals surface area contributed by atoms with E-state index in [2.05, 4.69) is 16.0 Å². The van der Waals surface area contributed by atoms with E-state index < -0.39 is 0 Å². The molecule has 130 valence electrons. The van der Waals surface area contributed by atoms with Gasteiger partial charge in [0.05, 0.1) is 5.52 Å². The van der Waals surface area contributed by atoms with Gasteiger partial charge in [-0.25, -0.2) is 0 Å². The molecule has 4 aromatic rings. The molecule has 0 aliphatic rings. The lowest BCUT2D eigenvalue weighted by molar-refractivity contribution is 0.0692. The topological polar surface area (TPSA) is 49.0 Å². The number of para-hydroxylation sites is 1. The summed E-state index contributed by atoms with van der Waals surface area (Å²) in [6, 6.07) is 18.0. The summed E-state index contributed by atoms with van der Waals surface area (Å²) >= 11 is 0. The van der Waals surface area contributed by atoms with Gasteiger partial charge in [0.25, 0.3) is 5.91 Å². The van der Waals surface area contributed by atoms with Crippen LogP contribution in [-0.4, -0.2) is 26.8 Å². The van der Waals surface area contributed by atoms with E-state index >= 15 is 0 Å². The van der Waals surface area contributed by atoms with E-state index in [9.17, 15) is 4.79 Å². The second kappa shape index (κ2) is 6.64. The predicted molar refractivity (Wildman–Crippen MR) is 105 cm³/mol. The highest BCUT2D eigenvalue weighted by atomic mass is 16.2. The normalized spacial score (nSPS) is 11.3. The molecule has 4 rings (SSSR count). The van der Waals surface area contributed by atoms with Gasteiger partial charge in [-0.05, 0) is 49.7 Å². The maximum absolute atomic E-state index is 13.3. The molecule has 0 saturated carbocycles. The van der Waals surface area contributed by atoms with Crippen LogP contribution in [0.1, 0.15) is 29.8 Å². The molecule has 2 aromatic carbocycles. The molecule has 26 heavy (non-hydrogen) atoms. The van der Waals surface area contributed by atoms with E-state index in [4.69, 9.17) is 0 Å². The molecular weight excluding hydrogens is 322 g/mol. The first-order chi connectivity index (χ1) is 12.6. The Morgan fingerprint density at radius 1 is 1.12 bits per heavy atom. The molecule has 0 bridgehead atoms. The SMILES string of the molecule is CC(C)N(Cc1cnc2ccccc2c1)C(=O)c1cccc2[nH]ccc12. The fourth-order valence-corrected chi connectivity index (χ4v) is 3.32. The Balaban J connectivity index is 1.68. The largest absolute Gasteiger partial charge is 0.361 e. The summed E-state index contributed by atoms with van der Waals surface area (Å²) in [5.74, 6) is 0.0401. The number of aromatic nitrogens is 2. The lowest BCUT2D eigenvalue weighted by atomic mass is 10.1. The van der Waals surface area contributed by atoms with E-state index in [0.717, 1.165) is 32.9 Å². The molecule has 0 aliphatic heterocycles. The van der Waals surface area contributed by atoms with E-state index in [1.807, 2.05) is 79.7 Å². The molecule has 4 nitrogen and oxygen atoms in total. The van der Waals surface area contributed by atoms with Crippen molar-refractivity contribution in [2.45, 2.75) is 26.4 Å². The van der Waals surface area contributed by atoms with Gasteiger partial charge in [0, 0.05) is 46.8 Å². The molecule has 2 aromatic heterocycles. The van der Waals surface area contributed by atoms with Crippen LogP contribution in [-0.2, 0) is 6.54 Å². The van der Waals surface area contributed by atoms with E-state index in [0.29, 0.717) is 6.54 Å². The Kier molecular flexibility index (Phi) is 4.17. The second-order valence-electron chi connectivity index (χ2n) is 6.81. The molecule has 4 heteroatoms. The number of nitrogens with one attached hydrogen (secondary N) is 1. The molecule has 2 heterocycles. The summed E-state index contributed by atoms with van der Waals surface area (Å²) in [4.78, 5) is 22.9. The fraction of sp³-hybridized carbons (Fsp3) is 0.182. The van der Waals surface area contributed by atoms with Crippen molar-refractivity contribution < 1.29 is 4.79 Å². The van der Waals surface area contributed by atoms with Gasteiger partial charge in [-0.1, -0.05) is 24.3 Å². The highest BCUT2D eigenvalue weighted by Crippen LogP contribution is 2.22. The Morgan fingerprint density at radius 3 is 2.81 bits per heavy atom. The lowest BCUT2D eigenvalue weighted by Crippen LogP contribution is -2.36. The summed E-state index contributed by atoms with van der Waals surface area (Å²) < 4.78 is 0. The van der Waals surface area contributed by atoms with Crippen molar-refractivity contribution in [1.29, 1.82) is 0 Å². The van der Waals surface area contributed by atoms with Crippen molar-refractivity contribution in [2.24, 2.45) is 0 Å². The number of carbonyl (C=O) groups excluding carboxylic acids is 1. The number of pyridine rings is 1. The number of H-pyrrole nitrogens is 1. The molecule has 0 fully saturated rings. The van der Waals surface area contributed by atoms with Crippen molar-refractivity contribution in [2.75, 3.05) is 0 Å². The fourth-order valence-electron chi connectivity index (χ4n) is 3.32. The number of benzene rings is 2. The van der Waals surface area contributed by atoms with Crippen LogP contribution in [0.2, 0.25) is 0 Å². The van der Waals surface area contributed by atoms with Gasteiger partial charge in [0.1, 0.15) is 0 Å². The van der Waals surface area contributed by atoms with Gasteiger partial charge >= 0.3 is 0 Å². The Hall–Kier alpha value is -3.14. The number of fused-ring (bicyclic) bond motifs is 2. The zero-order chi connectivity index (χ0) is 18.1. The van der Waals surface area contributed by atoms with Crippen molar-refractivity contribution in [3.05, 3.63) is 78.1 Å². The van der Waals surface area contributed by atoms with E-state index in [-0.39, 0.29) is 11.9 Å². The van der Waals surface area contributed by atoms with Gasteiger partial charge in [-0.15, -0.1) is 0 Å². The molecule has 0 saturated heterocycles. The van der Waals surface area contributed by atoms with Gasteiger partial charge in [0.2, 0.25) is 0 Å². The molecule has 0 radical (unpaired) electrons. The maximum Gasteiger partial charge on any atom is 0.255 e. The van der Waals surface area contributed by atoms with E-state index in [1.54, 1.807) is 0 Å². The minimum absolute atomic E-state index is 0.0401. The van der Waals surface area contributed by atoms with Crippen LogP contribution >= 0.6 is 0 Å². The Labute approximate surface area is 152 Å². The maximum atomic E-state index is 13.3. The standard InChI is InChI=1S/C22H21N3O/c1-15(2)25(14-16-12-17-6-3-4-8-20(17)24-13-16)22(26)19-7-5-9-21-18(19)10-11-23-21/h3-13,15,23H,14H2,1-2H3. The number of hydrogen-bond acceptors (Lipinski definition) is 2. The Morgan fingerprint density at radius 2 is 1.96 bits per heavy atom. The number of nitrogens with zero attached hydrogens (tertiary/aromatic N) is 2. The first-order valence-corrected chi connectivity index (χ1v) is 8.84. The summed E-state index contributed by atoms with van der Waals surface area (Å²) in [6.07, 6.45) is 3.73. The van der Waals surface area contributed by atoms with Gasteiger partial charge < -0.3 is 9.88 Å². The highest BCUT2D eigenvalue weighted by molar-refractivity contribution is 6.06. The van der Waals surface area contributed by atoms with Crippen LogP contribution in [0.5, 0.6) is 0 Å². The van der Waals surface area contributed by atoms with Crippen LogP contribution in [0.3, 0.4) is 0 Å². The lowest BCUT2D eigenvalue weighted by Gasteiger charge is -2.27.